The first-order valence-electron chi connectivity index (χ1n) is 5.50. The molecule has 0 aliphatic rings. The predicted molar refractivity (Wildman–Crippen MR) is 73.0 cm³/mol. The van der Waals surface area contributed by atoms with Gasteiger partial charge in [-0.15, -0.1) is 0 Å². The summed E-state index contributed by atoms with van der Waals surface area (Å²) in [5.74, 6) is 0. The SMILES string of the molecule is On1ccccc1=S.c1ccc2[nH+]cccc2c1. The van der Waals surface area contributed by atoms with E-state index in [1.807, 2.05) is 24.4 Å². The van der Waals surface area contributed by atoms with Crippen LogP contribution in [0.4, 0.5) is 0 Å². The standard InChI is InChI=1S/C9H7N.C5H5NOS/c1-2-6-9-8(4-1)5-3-7-10-9;7-6-4-2-1-3-5(6)8/h1-7H;1-4,7H/p+1. The van der Waals surface area contributed by atoms with Gasteiger partial charge in [0.05, 0.1) is 0 Å². The van der Waals surface area contributed by atoms with Crippen molar-refractivity contribution in [2.45, 2.75) is 0 Å². The van der Waals surface area contributed by atoms with Crippen LogP contribution in [0.15, 0.2) is 67.0 Å². The van der Waals surface area contributed by atoms with Crippen molar-refractivity contribution >= 4 is 23.1 Å². The van der Waals surface area contributed by atoms with E-state index in [2.05, 4.69) is 35.4 Å². The minimum absolute atomic E-state index is 0.424. The van der Waals surface area contributed by atoms with Crippen molar-refractivity contribution < 1.29 is 10.2 Å². The molecule has 3 rings (SSSR count). The van der Waals surface area contributed by atoms with Gasteiger partial charge in [0.25, 0.3) is 0 Å². The smallest absolute Gasteiger partial charge is 0.210 e. The summed E-state index contributed by atoms with van der Waals surface area (Å²) in [6.07, 6.45) is 3.42. The molecule has 0 spiro atoms. The molecule has 90 valence electrons. The molecule has 4 heteroatoms. The molecule has 0 aliphatic heterocycles. The molecule has 0 saturated carbocycles. The van der Waals surface area contributed by atoms with Crippen LogP contribution in [0.3, 0.4) is 0 Å². The number of nitrogens with one attached hydrogen (secondary N) is 1. The number of rotatable bonds is 0. The van der Waals surface area contributed by atoms with Crippen molar-refractivity contribution in [3.63, 3.8) is 0 Å². The van der Waals surface area contributed by atoms with Crippen molar-refractivity contribution in [3.8, 4) is 0 Å². The monoisotopic (exact) mass is 257 g/mol. The molecule has 0 radical (unpaired) electrons. The zero-order valence-electron chi connectivity index (χ0n) is 9.65. The summed E-state index contributed by atoms with van der Waals surface area (Å²) in [5.41, 5.74) is 1.19. The normalized spacial score (nSPS) is 9.56. The molecule has 18 heavy (non-hydrogen) atoms. The van der Waals surface area contributed by atoms with Gasteiger partial charge in [0.2, 0.25) is 5.52 Å². The van der Waals surface area contributed by atoms with Gasteiger partial charge in [0.1, 0.15) is 4.64 Å². The summed E-state index contributed by atoms with van der Waals surface area (Å²) < 4.78 is 1.32. The Kier molecular flexibility index (Phi) is 4.04. The van der Waals surface area contributed by atoms with Crippen molar-refractivity contribution in [1.29, 1.82) is 0 Å². The molecule has 0 fully saturated rings. The highest BCUT2D eigenvalue weighted by Crippen LogP contribution is 2.04. The summed E-state index contributed by atoms with van der Waals surface area (Å²) in [7, 11) is 0. The summed E-state index contributed by atoms with van der Waals surface area (Å²) in [5, 5.41) is 9.99. The lowest BCUT2D eigenvalue weighted by atomic mass is 10.2. The van der Waals surface area contributed by atoms with Crippen LogP contribution >= 0.6 is 12.2 Å². The third-order valence-corrected chi connectivity index (χ3v) is 2.70. The molecule has 1 aromatic carbocycles. The van der Waals surface area contributed by atoms with E-state index in [0.29, 0.717) is 4.64 Å². The second kappa shape index (κ2) is 5.93. The highest BCUT2D eigenvalue weighted by Gasteiger charge is 1.92. The lowest BCUT2D eigenvalue weighted by Crippen LogP contribution is -1.99. The molecule has 0 atom stereocenters. The molecule has 0 aliphatic carbocycles. The zero-order valence-corrected chi connectivity index (χ0v) is 10.5. The Morgan fingerprint density at radius 2 is 1.67 bits per heavy atom. The highest BCUT2D eigenvalue weighted by molar-refractivity contribution is 7.71. The van der Waals surface area contributed by atoms with Crippen LogP contribution < -0.4 is 4.98 Å². The van der Waals surface area contributed by atoms with Crippen LogP contribution in [0.25, 0.3) is 10.9 Å². The Labute approximate surface area is 110 Å². The number of hydrogen-bond acceptors (Lipinski definition) is 2. The molecule has 3 aromatic rings. The second-order valence-electron chi connectivity index (χ2n) is 3.64. The van der Waals surface area contributed by atoms with Crippen molar-refractivity contribution in [3.05, 3.63) is 71.6 Å². The van der Waals surface area contributed by atoms with Crippen LogP contribution in [-0.2, 0) is 0 Å². The van der Waals surface area contributed by atoms with E-state index in [4.69, 9.17) is 5.21 Å². The van der Waals surface area contributed by atoms with Crippen molar-refractivity contribution in [1.82, 2.24) is 4.73 Å². The zero-order chi connectivity index (χ0) is 12.8. The van der Waals surface area contributed by atoms with Gasteiger partial charge in [-0.05, 0) is 24.3 Å². The van der Waals surface area contributed by atoms with Gasteiger partial charge in [-0.25, -0.2) is 4.98 Å². The first-order valence-corrected chi connectivity index (χ1v) is 5.90. The first-order chi connectivity index (χ1) is 8.77. The Bertz CT molecular complexity index is 629. The molecular weight excluding hydrogens is 244 g/mol. The van der Waals surface area contributed by atoms with Crippen LogP contribution in [0.5, 0.6) is 0 Å². The van der Waals surface area contributed by atoms with E-state index in [1.165, 1.54) is 17.1 Å². The largest absolute Gasteiger partial charge is 0.428 e. The number of fused-ring (bicyclic) bond motifs is 1. The maximum absolute atomic E-state index is 8.73. The third kappa shape index (κ3) is 3.15. The maximum atomic E-state index is 8.73. The van der Waals surface area contributed by atoms with Crippen molar-refractivity contribution in [2.24, 2.45) is 0 Å². The highest BCUT2D eigenvalue weighted by atomic mass is 32.1. The molecule has 0 bridgehead atoms. The lowest BCUT2D eigenvalue weighted by molar-refractivity contribution is -0.344. The van der Waals surface area contributed by atoms with Gasteiger partial charge < -0.3 is 5.21 Å². The summed E-state index contributed by atoms with van der Waals surface area (Å²) in [6, 6.07) is 17.4. The van der Waals surface area contributed by atoms with Crippen LogP contribution in [0, 0.1) is 4.64 Å². The Morgan fingerprint density at radius 3 is 2.33 bits per heavy atom. The molecule has 2 heterocycles. The van der Waals surface area contributed by atoms with E-state index in [9.17, 15) is 0 Å². The van der Waals surface area contributed by atoms with E-state index < -0.39 is 0 Å². The Balaban J connectivity index is 0.000000138. The van der Waals surface area contributed by atoms with Gasteiger partial charge >= 0.3 is 0 Å². The van der Waals surface area contributed by atoms with Crippen molar-refractivity contribution in [2.75, 3.05) is 0 Å². The average molecular weight is 257 g/mol. The number of benzene rings is 1. The number of hydrogen-bond donors (Lipinski definition) is 1. The molecular formula is C14H13N2OS+. The first kappa shape index (κ1) is 12.3. The van der Waals surface area contributed by atoms with Gasteiger partial charge in [0, 0.05) is 23.7 Å². The molecule has 2 aromatic heterocycles. The van der Waals surface area contributed by atoms with Gasteiger partial charge in [-0.2, -0.15) is 4.73 Å². The van der Waals surface area contributed by atoms with E-state index in [1.54, 1.807) is 18.2 Å². The quantitative estimate of drug-likeness (QED) is 0.496. The van der Waals surface area contributed by atoms with Crippen LogP contribution in [0.2, 0.25) is 0 Å². The third-order valence-electron chi connectivity index (χ3n) is 2.37. The summed E-state index contributed by atoms with van der Waals surface area (Å²) >= 11 is 4.67. The lowest BCUT2D eigenvalue weighted by Gasteiger charge is -1.90. The van der Waals surface area contributed by atoms with E-state index in [-0.39, 0.29) is 0 Å². The molecule has 0 amide bonds. The number of pyridine rings is 2. The Morgan fingerprint density at radius 1 is 0.944 bits per heavy atom. The number of para-hydroxylation sites is 1. The molecule has 2 N–H and O–H groups in total. The van der Waals surface area contributed by atoms with Gasteiger partial charge in [0.15, 0.2) is 6.20 Å². The van der Waals surface area contributed by atoms with Crippen LogP contribution in [-0.4, -0.2) is 9.94 Å². The van der Waals surface area contributed by atoms with Crippen LogP contribution in [0.1, 0.15) is 0 Å². The average Bonchev–Trinajstić information content (AvgIpc) is 2.43. The second-order valence-corrected chi connectivity index (χ2v) is 4.06. The number of aromatic amines is 1. The fourth-order valence-corrected chi connectivity index (χ4v) is 1.62. The molecule has 0 unspecified atom stereocenters. The minimum Gasteiger partial charge on any atom is -0.428 e. The summed E-state index contributed by atoms with van der Waals surface area (Å²) in [6.45, 7) is 0. The van der Waals surface area contributed by atoms with Gasteiger partial charge in [-0.1, -0.05) is 30.4 Å². The molecule has 3 nitrogen and oxygen atoms in total. The maximum Gasteiger partial charge on any atom is 0.210 e. The van der Waals surface area contributed by atoms with E-state index >= 15 is 0 Å². The Hall–Kier alpha value is -2.20. The number of H-pyrrole nitrogens is 1. The fourth-order valence-electron chi connectivity index (χ4n) is 1.48. The summed E-state index contributed by atoms with van der Waals surface area (Å²) in [4.78, 5) is 3.15. The molecule has 0 saturated heterocycles. The van der Waals surface area contributed by atoms with Gasteiger partial charge in [-0.3, -0.25) is 0 Å². The number of aromatic nitrogens is 2. The topological polar surface area (TPSA) is 39.3 Å². The minimum atomic E-state index is 0.424. The fraction of sp³-hybridized carbons (Fsp3) is 0. The predicted octanol–water partition coefficient (Wildman–Crippen LogP) is 3.11. The number of nitrogens with zero attached hydrogens (tertiary/aromatic N) is 1. The van der Waals surface area contributed by atoms with E-state index in [0.717, 1.165) is 4.73 Å².